The van der Waals surface area contributed by atoms with Crippen LogP contribution in [0.15, 0.2) is 16.7 Å². The van der Waals surface area contributed by atoms with Gasteiger partial charge in [0.25, 0.3) is 5.91 Å². The van der Waals surface area contributed by atoms with Crippen LogP contribution in [0.4, 0.5) is 5.82 Å². The van der Waals surface area contributed by atoms with Crippen LogP contribution >= 0.6 is 15.9 Å². The normalized spacial score (nSPS) is 12.2. The lowest BCUT2D eigenvalue weighted by molar-refractivity contribution is 0.0480. The highest BCUT2D eigenvalue weighted by Gasteiger charge is 2.23. The average molecular weight is 346 g/mol. The summed E-state index contributed by atoms with van der Waals surface area (Å²) >= 11 is 3.30. The van der Waals surface area contributed by atoms with Gasteiger partial charge in [0.15, 0.2) is 0 Å². The van der Waals surface area contributed by atoms with Crippen LogP contribution in [0.25, 0.3) is 0 Å². The van der Waals surface area contributed by atoms with Gasteiger partial charge in [0.2, 0.25) is 0 Å². The van der Waals surface area contributed by atoms with Crippen molar-refractivity contribution in [2.45, 2.75) is 13.0 Å². The number of nitrogens with zero attached hydrogens (tertiary/aromatic N) is 2. The van der Waals surface area contributed by atoms with E-state index < -0.39 is 0 Å². The van der Waals surface area contributed by atoms with Crippen molar-refractivity contribution >= 4 is 27.7 Å². The van der Waals surface area contributed by atoms with Gasteiger partial charge in [-0.05, 0) is 28.9 Å². The molecule has 0 fully saturated rings. The Morgan fingerprint density at radius 1 is 1.50 bits per heavy atom. The van der Waals surface area contributed by atoms with Crippen molar-refractivity contribution in [3.63, 3.8) is 0 Å². The van der Waals surface area contributed by atoms with Gasteiger partial charge in [0.05, 0.1) is 24.8 Å². The summed E-state index contributed by atoms with van der Waals surface area (Å²) < 4.78 is 10.9. The molecule has 0 radical (unpaired) electrons. The summed E-state index contributed by atoms with van der Waals surface area (Å²) in [5, 5.41) is 0. The Labute approximate surface area is 127 Å². The van der Waals surface area contributed by atoms with Crippen molar-refractivity contribution in [1.29, 1.82) is 0 Å². The lowest BCUT2D eigenvalue weighted by atomic mass is 10.2. The van der Waals surface area contributed by atoms with Gasteiger partial charge in [0, 0.05) is 31.4 Å². The van der Waals surface area contributed by atoms with Crippen molar-refractivity contribution in [2.24, 2.45) is 0 Å². The highest BCUT2D eigenvalue weighted by molar-refractivity contribution is 9.10. The van der Waals surface area contributed by atoms with Crippen LogP contribution in [0.2, 0.25) is 0 Å². The first kappa shape index (κ1) is 16.9. The largest absolute Gasteiger partial charge is 0.383 e. The van der Waals surface area contributed by atoms with Gasteiger partial charge in [-0.1, -0.05) is 0 Å². The van der Waals surface area contributed by atoms with Crippen LogP contribution in [0.5, 0.6) is 0 Å². The molecule has 1 unspecified atom stereocenters. The van der Waals surface area contributed by atoms with E-state index in [1.54, 1.807) is 31.4 Å². The van der Waals surface area contributed by atoms with E-state index in [9.17, 15) is 4.79 Å². The number of ether oxygens (including phenoxy) is 2. The zero-order valence-electron chi connectivity index (χ0n) is 11.9. The molecule has 1 atom stereocenters. The van der Waals surface area contributed by atoms with Crippen LogP contribution in [0.3, 0.4) is 0 Å². The topological polar surface area (TPSA) is 77.7 Å². The standard InChI is InChI=1S/C13H20BrN3O3/c1-9(8-20-3)17(4-5-19-2)13(18)11-6-10(14)7-16-12(11)15/h6-7,9H,4-5,8H2,1-3H3,(H2,15,16). The minimum Gasteiger partial charge on any atom is -0.383 e. The zero-order chi connectivity index (χ0) is 15.1. The average Bonchev–Trinajstić information content (AvgIpc) is 2.42. The molecule has 1 aromatic rings. The summed E-state index contributed by atoms with van der Waals surface area (Å²) in [5.74, 6) is 0.0307. The molecule has 6 nitrogen and oxygen atoms in total. The summed E-state index contributed by atoms with van der Waals surface area (Å²) in [6.45, 7) is 3.27. The number of rotatable bonds is 7. The number of amides is 1. The van der Waals surface area contributed by atoms with Crippen molar-refractivity contribution in [3.8, 4) is 0 Å². The van der Waals surface area contributed by atoms with Crippen molar-refractivity contribution in [3.05, 3.63) is 22.3 Å². The Bertz CT molecular complexity index is 456. The van der Waals surface area contributed by atoms with Crippen molar-refractivity contribution in [1.82, 2.24) is 9.88 Å². The summed E-state index contributed by atoms with van der Waals surface area (Å²) in [5.41, 5.74) is 6.16. The van der Waals surface area contributed by atoms with Gasteiger partial charge < -0.3 is 20.1 Å². The molecule has 20 heavy (non-hydrogen) atoms. The summed E-state index contributed by atoms with van der Waals surface area (Å²) in [6.07, 6.45) is 1.56. The number of nitrogens with two attached hydrogens (primary N) is 1. The Balaban J connectivity index is 2.99. The van der Waals surface area contributed by atoms with Gasteiger partial charge >= 0.3 is 0 Å². The Kier molecular flexibility index (Phi) is 6.90. The van der Waals surface area contributed by atoms with Gasteiger partial charge in [-0.3, -0.25) is 4.79 Å². The van der Waals surface area contributed by atoms with E-state index in [0.29, 0.717) is 29.8 Å². The summed E-state index contributed by atoms with van der Waals surface area (Å²) in [7, 11) is 3.20. The maximum Gasteiger partial charge on any atom is 0.258 e. The molecule has 0 aliphatic rings. The fourth-order valence-corrected chi connectivity index (χ4v) is 2.15. The first-order valence-corrected chi connectivity index (χ1v) is 7.00. The van der Waals surface area contributed by atoms with Crippen LogP contribution in [-0.4, -0.2) is 55.8 Å². The minimum absolute atomic E-state index is 0.0824. The maximum atomic E-state index is 12.6. The Hall–Kier alpha value is -1.18. The quantitative estimate of drug-likeness (QED) is 0.811. The monoisotopic (exact) mass is 345 g/mol. The Morgan fingerprint density at radius 3 is 2.80 bits per heavy atom. The van der Waals surface area contributed by atoms with E-state index in [1.165, 1.54) is 0 Å². The van der Waals surface area contributed by atoms with E-state index in [1.807, 2.05) is 6.92 Å². The minimum atomic E-state index is -0.182. The molecule has 1 aromatic heterocycles. The maximum absolute atomic E-state index is 12.6. The number of carbonyl (C=O) groups excluding carboxylic acids is 1. The second-order valence-electron chi connectivity index (χ2n) is 4.38. The van der Waals surface area contributed by atoms with Gasteiger partial charge in [-0.2, -0.15) is 0 Å². The molecule has 1 heterocycles. The molecule has 0 saturated heterocycles. The Morgan fingerprint density at radius 2 is 2.20 bits per heavy atom. The number of carbonyl (C=O) groups is 1. The molecular formula is C13H20BrN3O3. The second kappa shape index (κ2) is 8.18. The first-order chi connectivity index (χ1) is 9.51. The third kappa shape index (κ3) is 4.43. The molecule has 2 N–H and O–H groups in total. The first-order valence-electron chi connectivity index (χ1n) is 6.21. The van der Waals surface area contributed by atoms with E-state index >= 15 is 0 Å². The molecule has 7 heteroatoms. The molecule has 1 amide bonds. The highest BCUT2D eigenvalue weighted by atomic mass is 79.9. The number of halogens is 1. The van der Waals surface area contributed by atoms with E-state index in [2.05, 4.69) is 20.9 Å². The van der Waals surface area contributed by atoms with E-state index in [4.69, 9.17) is 15.2 Å². The van der Waals surface area contributed by atoms with E-state index in [0.717, 1.165) is 0 Å². The molecule has 0 bridgehead atoms. The van der Waals surface area contributed by atoms with Gasteiger partial charge in [-0.15, -0.1) is 0 Å². The SMILES string of the molecule is COCCN(C(=O)c1cc(Br)cnc1N)C(C)COC. The van der Waals surface area contributed by atoms with Crippen LogP contribution in [0, 0.1) is 0 Å². The number of aromatic nitrogens is 1. The number of pyridine rings is 1. The zero-order valence-corrected chi connectivity index (χ0v) is 13.5. The van der Waals surface area contributed by atoms with E-state index in [-0.39, 0.29) is 17.8 Å². The van der Waals surface area contributed by atoms with Crippen molar-refractivity contribution < 1.29 is 14.3 Å². The second-order valence-corrected chi connectivity index (χ2v) is 5.30. The third-order valence-corrected chi connectivity index (χ3v) is 3.29. The van der Waals surface area contributed by atoms with Gasteiger partial charge in [0.1, 0.15) is 5.82 Å². The lowest BCUT2D eigenvalue weighted by Crippen LogP contribution is -2.43. The number of hydrogen-bond acceptors (Lipinski definition) is 5. The number of methoxy groups -OCH3 is 2. The molecule has 0 aliphatic heterocycles. The summed E-state index contributed by atoms with van der Waals surface area (Å²) in [6, 6.07) is 1.59. The molecule has 1 rings (SSSR count). The highest BCUT2D eigenvalue weighted by Crippen LogP contribution is 2.18. The predicted octanol–water partition coefficient (Wildman–Crippen LogP) is 1.55. The smallest absolute Gasteiger partial charge is 0.258 e. The van der Waals surface area contributed by atoms with Crippen LogP contribution < -0.4 is 5.73 Å². The fraction of sp³-hybridized carbons (Fsp3) is 0.538. The van der Waals surface area contributed by atoms with Crippen LogP contribution in [0.1, 0.15) is 17.3 Å². The number of anilines is 1. The van der Waals surface area contributed by atoms with Crippen molar-refractivity contribution in [2.75, 3.05) is 39.7 Å². The van der Waals surface area contributed by atoms with Gasteiger partial charge in [-0.25, -0.2) is 4.98 Å². The molecule has 0 saturated carbocycles. The molecular weight excluding hydrogens is 326 g/mol. The van der Waals surface area contributed by atoms with Crippen LogP contribution in [-0.2, 0) is 9.47 Å². The number of hydrogen-bond donors (Lipinski definition) is 1. The molecule has 0 spiro atoms. The third-order valence-electron chi connectivity index (χ3n) is 2.85. The molecule has 0 aromatic carbocycles. The predicted molar refractivity (Wildman–Crippen MR) is 80.6 cm³/mol. The number of nitrogen functional groups attached to an aromatic ring is 1. The molecule has 112 valence electrons. The lowest BCUT2D eigenvalue weighted by Gasteiger charge is -2.29. The molecule has 0 aliphatic carbocycles. The fourth-order valence-electron chi connectivity index (χ4n) is 1.82. The summed E-state index contributed by atoms with van der Waals surface area (Å²) in [4.78, 5) is 18.3.